The first kappa shape index (κ1) is 11.1. The predicted octanol–water partition coefficient (Wildman–Crippen LogP) is 3.35. The first-order valence-corrected chi connectivity index (χ1v) is 5.67. The molecule has 2 aromatic rings. The van der Waals surface area contributed by atoms with Crippen molar-refractivity contribution in [2.75, 3.05) is 5.73 Å². The highest BCUT2D eigenvalue weighted by molar-refractivity contribution is 7.13. The van der Waals surface area contributed by atoms with Crippen molar-refractivity contribution in [1.29, 1.82) is 0 Å². The van der Waals surface area contributed by atoms with Gasteiger partial charge in [0.1, 0.15) is 5.82 Å². The minimum atomic E-state index is -0.531. The van der Waals surface area contributed by atoms with Gasteiger partial charge in [0.2, 0.25) is 5.78 Å². The zero-order valence-corrected chi connectivity index (χ0v) is 9.61. The smallest absolute Gasteiger partial charge is 0.204 e. The number of nitrogens with two attached hydrogens (primary N) is 1. The number of rotatable bonds is 2. The van der Waals surface area contributed by atoms with E-state index in [9.17, 15) is 9.18 Å². The van der Waals surface area contributed by atoms with Crippen molar-refractivity contribution in [2.45, 2.75) is 0 Å². The first-order chi connectivity index (χ1) is 7.58. The van der Waals surface area contributed by atoms with Crippen molar-refractivity contribution >= 4 is 34.4 Å². The largest absolute Gasteiger partial charge is 0.399 e. The molecule has 0 unspecified atom stereocenters. The molecule has 0 aliphatic carbocycles. The van der Waals surface area contributed by atoms with E-state index in [0.29, 0.717) is 9.90 Å². The summed E-state index contributed by atoms with van der Waals surface area (Å²) in [5.74, 6) is -0.845. The van der Waals surface area contributed by atoms with Crippen LogP contribution in [-0.2, 0) is 0 Å². The topological polar surface area (TPSA) is 43.1 Å². The van der Waals surface area contributed by atoms with E-state index >= 15 is 0 Å². The summed E-state index contributed by atoms with van der Waals surface area (Å²) >= 11 is 7.05. The third-order valence-electron chi connectivity index (χ3n) is 2.01. The van der Waals surface area contributed by atoms with E-state index < -0.39 is 5.82 Å². The molecule has 1 aromatic heterocycles. The third-order valence-corrected chi connectivity index (χ3v) is 3.35. The quantitative estimate of drug-likeness (QED) is 0.661. The maximum absolute atomic E-state index is 13.1. The molecule has 0 amide bonds. The molecule has 0 aliphatic heterocycles. The number of benzene rings is 1. The second kappa shape index (κ2) is 4.23. The Morgan fingerprint density at radius 1 is 1.38 bits per heavy atom. The second-order valence-corrected chi connectivity index (χ2v) is 4.52. The Bertz CT molecular complexity index is 532. The van der Waals surface area contributed by atoms with Gasteiger partial charge < -0.3 is 5.73 Å². The number of ketones is 1. The molecule has 0 spiro atoms. The van der Waals surface area contributed by atoms with Gasteiger partial charge in [-0.1, -0.05) is 11.6 Å². The summed E-state index contributed by atoms with van der Waals surface area (Å²) in [5.41, 5.74) is 5.90. The van der Waals surface area contributed by atoms with Gasteiger partial charge in [0.15, 0.2) is 0 Å². The van der Waals surface area contributed by atoms with Crippen LogP contribution in [0.5, 0.6) is 0 Å². The maximum Gasteiger partial charge on any atom is 0.204 e. The molecule has 16 heavy (non-hydrogen) atoms. The molecule has 0 aliphatic rings. The summed E-state index contributed by atoms with van der Waals surface area (Å²) in [4.78, 5) is 12.3. The first-order valence-electron chi connectivity index (χ1n) is 4.41. The van der Waals surface area contributed by atoms with Gasteiger partial charge in [0, 0.05) is 11.3 Å². The van der Waals surface area contributed by atoms with Gasteiger partial charge in [-0.05, 0) is 29.6 Å². The number of hydrogen-bond acceptors (Lipinski definition) is 3. The lowest BCUT2D eigenvalue weighted by Crippen LogP contribution is -2.01. The van der Waals surface area contributed by atoms with E-state index in [2.05, 4.69) is 0 Å². The van der Waals surface area contributed by atoms with E-state index in [0.717, 1.165) is 12.1 Å². The standard InChI is InChI=1S/C11H7ClFNOS/c12-9-1-2-16-11(9)10(15)6-3-7(13)5-8(14)4-6/h1-5H,14H2. The zero-order valence-electron chi connectivity index (χ0n) is 8.04. The lowest BCUT2D eigenvalue weighted by Gasteiger charge is -2.01. The molecule has 0 saturated carbocycles. The van der Waals surface area contributed by atoms with Crippen LogP contribution in [0.1, 0.15) is 15.2 Å². The highest BCUT2D eigenvalue weighted by atomic mass is 35.5. The Hall–Kier alpha value is -1.39. The molecule has 5 heteroatoms. The van der Waals surface area contributed by atoms with Crippen molar-refractivity contribution in [3.05, 3.63) is 50.9 Å². The average molecular weight is 256 g/mol. The van der Waals surface area contributed by atoms with Crippen LogP contribution in [0.3, 0.4) is 0 Å². The summed E-state index contributed by atoms with van der Waals surface area (Å²) in [6.45, 7) is 0. The Kier molecular flexibility index (Phi) is 2.94. The molecule has 2 nitrogen and oxygen atoms in total. The Labute approximate surface area is 100 Å². The third kappa shape index (κ3) is 2.08. The lowest BCUT2D eigenvalue weighted by molar-refractivity contribution is 0.104. The molecular formula is C11H7ClFNOS. The number of anilines is 1. The van der Waals surface area contributed by atoms with Crippen LogP contribution < -0.4 is 5.73 Å². The summed E-state index contributed by atoms with van der Waals surface area (Å²) < 4.78 is 13.1. The van der Waals surface area contributed by atoms with Gasteiger partial charge in [0.25, 0.3) is 0 Å². The maximum atomic E-state index is 13.1. The van der Waals surface area contributed by atoms with Crippen molar-refractivity contribution in [2.24, 2.45) is 0 Å². The highest BCUT2D eigenvalue weighted by Crippen LogP contribution is 2.25. The minimum Gasteiger partial charge on any atom is -0.399 e. The average Bonchev–Trinajstić information content (AvgIpc) is 2.62. The molecule has 0 bridgehead atoms. The van der Waals surface area contributed by atoms with Gasteiger partial charge in [-0.3, -0.25) is 4.79 Å². The molecule has 0 atom stereocenters. The van der Waals surface area contributed by atoms with Crippen molar-refractivity contribution < 1.29 is 9.18 Å². The zero-order chi connectivity index (χ0) is 11.7. The summed E-state index contributed by atoms with van der Waals surface area (Å²) in [5, 5.41) is 2.08. The lowest BCUT2D eigenvalue weighted by atomic mass is 10.1. The van der Waals surface area contributed by atoms with E-state index in [-0.39, 0.29) is 17.0 Å². The molecular weight excluding hydrogens is 249 g/mol. The fourth-order valence-corrected chi connectivity index (χ4v) is 2.43. The Morgan fingerprint density at radius 2 is 2.12 bits per heavy atom. The molecule has 2 rings (SSSR count). The summed E-state index contributed by atoms with van der Waals surface area (Å²) in [7, 11) is 0. The van der Waals surface area contributed by atoms with Crippen LogP contribution in [0.4, 0.5) is 10.1 Å². The van der Waals surface area contributed by atoms with Crippen molar-refractivity contribution in [1.82, 2.24) is 0 Å². The summed E-state index contributed by atoms with van der Waals surface area (Å²) in [6, 6.07) is 5.37. The van der Waals surface area contributed by atoms with Crippen LogP contribution >= 0.6 is 22.9 Å². The predicted molar refractivity (Wildman–Crippen MR) is 63.6 cm³/mol. The van der Waals surface area contributed by atoms with Crippen molar-refractivity contribution in [3.63, 3.8) is 0 Å². The Balaban J connectivity index is 2.45. The highest BCUT2D eigenvalue weighted by Gasteiger charge is 2.15. The molecule has 0 radical (unpaired) electrons. The van der Waals surface area contributed by atoms with Gasteiger partial charge >= 0.3 is 0 Å². The fourth-order valence-electron chi connectivity index (χ4n) is 1.33. The van der Waals surface area contributed by atoms with E-state index in [1.165, 1.54) is 17.4 Å². The number of nitrogen functional groups attached to an aromatic ring is 1. The van der Waals surface area contributed by atoms with Gasteiger partial charge in [-0.15, -0.1) is 11.3 Å². The number of halogens is 2. The normalized spacial score (nSPS) is 10.4. The van der Waals surface area contributed by atoms with Gasteiger partial charge in [0.05, 0.1) is 9.90 Å². The van der Waals surface area contributed by atoms with Crippen LogP contribution in [0.2, 0.25) is 5.02 Å². The minimum absolute atomic E-state index is 0.210. The van der Waals surface area contributed by atoms with Crippen molar-refractivity contribution in [3.8, 4) is 0 Å². The van der Waals surface area contributed by atoms with Crippen LogP contribution in [-0.4, -0.2) is 5.78 Å². The number of carbonyl (C=O) groups is 1. The monoisotopic (exact) mass is 255 g/mol. The van der Waals surface area contributed by atoms with E-state index in [1.54, 1.807) is 11.4 Å². The molecule has 0 saturated heterocycles. The van der Waals surface area contributed by atoms with Gasteiger partial charge in [-0.25, -0.2) is 4.39 Å². The number of thiophene rings is 1. The van der Waals surface area contributed by atoms with Crippen LogP contribution in [0.25, 0.3) is 0 Å². The molecule has 0 fully saturated rings. The van der Waals surface area contributed by atoms with E-state index in [1.807, 2.05) is 0 Å². The SMILES string of the molecule is Nc1cc(F)cc(C(=O)c2sccc2Cl)c1. The number of carbonyl (C=O) groups excluding carboxylic acids is 1. The Morgan fingerprint density at radius 3 is 2.69 bits per heavy atom. The second-order valence-electron chi connectivity index (χ2n) is 3.20. The fraction of sp³-hybridized carbons (Fsp3) is 0. The van der Waals surface area contributed by atoms with Crippen LogP contribution in [0.15, 0.2) is 29.6 Å². The number of hydrogen-bond donors (Lipinski definition) is 1. The van der Waals surface area contributed by atoms with Crippen LogP contribution in [0, 0.1) is 5.82 Å². The van der Waals surface area contributed by atoms with Gasteiger partial charge in [-0.2, -0.15) is 0 Å². The van der Waals surface area contributed by atoms with E-state index in [4.69, 9.17) is 17.3 Å². The molecule has 2 N–H and O–H groups in total. The summed E-state index contributed by atoms with van der Waals surface area (Å²) in [6.07, 6.45) is 0. The molecule has 82 valence electrons. The molecule has 1 heterocycles. The molecule has 1 aromatic carbocycles.